The van der Waals surface area contributed by atoms with Gasteiger partial charge in [-0.25, -0.2) is 9.97 Å². The summed E-state index contributed by atoms with van der Waals surface area (Å²) in [7, 11) is 0. The molecule has 7 heteroatoms. The van der Waals surface area contributed by atoms with E-state index in [1.54, 1.807) is 23.5 Å². The largest absolute Gasteiger partial charge is 0.486 e. The Morgan fingerprint density at radius 1 is 1.00 bits per heavy atom. The third kappa shape index (κ3) is 5.81. The SMILES string of the molecule is Fc1cccc(NCCNCc2csc(COc3ccccc3)n2)n1. The second-order valence-electron chi connectivity index (χ2n) is 5.28. The number of rotatable bonds is 9. The molecule has 0 atom stereocenters. The zero-order valence-electron chi connectivity index (χ0n) is 13.6. The van der Waals surface area contributed by atoms with Crippen LogP contribution in [-0.4, -0.2) is 23.1 Å². The summed E-state index contributed by atoms with van der Waals surface area (Å²) in [5.41, 5.74) is 0.987. The fourth-order valence-corrected chi connectivity index (χ4v) is 2.87. The number of benzene rings is 1. The normalized spacial score (nSPS) is 10.6. The van der Waals surface area contributed by atoms with E-state index in [0.29, 0.717) is 25.5 Å². The number of aromatic nitrogens is 2. The standard InChI is InChI=1S/C18H19FN4OS/c19-16-7-4-8-17(23-16)21-10-9-20-11-14-13-25-18(22-14)12-24-15-5-2-1-3-6-15/h1-8,13,20H,9-12H2,(H,21,23). The second-order valence-corrected chi connectivity index (χ2v) is 6.23. The molecule has 0 amide bonds. The minimum atomic E-state index is -0.481. The van der Waals surface area contributed by atoms with Gasteiger partial charge in [0.15, 0.2) is 0 Å². The zero-order chi connectivity index (χ0) is 17.3. The third-order valence-corrected chi connectivity index (χ3v) is 4.21. The van der Waals surface area contributed by atoms with Crippen LogP contribution >= 0.6 is 11.3 Å². The molecule has 0 unspecified atom stereocenters. The first-order valence-corrected chi connectivity index (χ1v) is 8.86. The maximum absolute atomic E-state index is 13.0. The van der Waals surface area contributed by atoms with E-state index in [1.165, 1.54) is 6.07 Å². The summed E-state index contributed by atoms with van der Waals surface area (Å²) in [6.45, 7) is 2.54. The lowest BCUT2D eigenvalue weighted by Crippen LogP contribution is -2.22. The molecule has 25 heavy (non-hydrogen) atoms. The summed E-state index contributed by atoms with van der Waals surface area (Å²) in [5, 5.41) is 9.33. The number of halogens is 1. The van der Waals surface area contributed by atoms with E-state index < -0.39 is 5.95 Å². The van der Waals surface area contributed by atoms with Gasteiger partial charge >= 0.3 is 0 Å². The van der Waals surface area contributed by atoms with Gasteiger partial charge in [-0.2, -0.15) is 4.39 Å². The smallest absolute Gasteiger partial charge is 0.214 e. The fraction of sp³-hybridized carbons (Fsp3) is 0.222. The van der Waals surface area contributed by atoms with E-state index in [-0.39, 0.29) is 0 Å². The molecule has 130 valence electrons. The highest BCUT2D eigenvalue weighted by molar-refractivity contribution is 7.09. The fourth-order valence-electron chi connectivity index (χ4n) is 2.16. The van der Waals surface area contributed by atoms with Crippen molar-refractivity contribution in [1.29, 1.82) is 0 Å². The van der Waals surface area contributed by atoms with E-state index in [2.05, 4.69) is 20.6 Å². The van der Waals surface area contributed by atoms with Crippen LogP contribution < -0.4 is 15.4 Å². The van der Waals surface area contributed by atoms with Gasteiger partial charge < -0.3 is 15.4 Å². The van der Waals surface area contributed by atoms with Gasteiger partial charge in [0, 0.05) is 25.0 Å². The molecule has 0 spiro atoms. The molecule has 0 aliphatic heterocycles. The Bertz CT molecular complexity index is 782. The lowest BCUT2D eigenvalue weighted by molar-refractivity contribution is 0.305. The van der Waals surface area contributed by atoms with Gasteiger partial charge in [-0.15, -0.1) is 11.3 Å². The molecule has 0 saturated carbocycles. The van der Waals surface area contributed by atoms with Crippen molar-refractivity contribution in [3.63, 3.8) is 0 Å². The van der Waals surface area contributed by atoms with Crippen molar-refractivity contribution in [2.45, 2.75) is 13.2 Å². The average Bonchev–Trinajstić information content (AvgIpc) is 3.08. The van der Waals surface area contributed by atoms with Crippen molar-refractivity contribution < 1.29 is 9.13 Å². The van der Waals surface area contributed by atoms with Crippen LogP contribution in [0, 0.1) is 5.95 Å². The Balaban J connectivity index is 1.34. The molecule has 3 rings (SSSR count). The Morgan fingerprint density at radius 2 is 1.88 bits per heavy atom. The molecule has 5 nitrogen and oxygen atoms in total. The topological polar surface area (TPSA) is 59.1 Å². The lowest BCUT2D eigenvalue weighted by atomic mass is 10.3. The van der Waals surface area contributed by atoms with Gasteiger partial charge in [0.05, 0.1) is 5.69 Å². The Labute approximate surface area is 149 Å². The number of thiazole rings is 1. The van der Waals surface area contributed by atoms with Crippen molar-refractivity contribution in [2.24, 2.45) is 0 Å². The highest BCUT2D eigenvalue weighted by Crippen LogP contribution is 2.14. The summed E-state index contributed by atoms with van der Waals surface area (Å²) >= 11 is 1.59. The maximum atomic E-state index is 13.0. The zero-order valence-corrected chi connectivity index (χ0v) is 14.4. The van der Waals surface area contributed by atoms with E-state index in [1.807, 2.05) is 35.7 Å². The van der Waals surface area contributed by atoms with Crippen LogP contribution in [0.5, 0.6) is 5.75 Å². The Morgan fingerprint density at radius 3 is 2.72 bits per heavy atom. The molecule has 0 bridgehead atoms. The molecule has 1 aromatic carbocycles. The van der Waals surface area contributed by atoms with Gasteiger partial charge in [0.2, 0.25) is 5.95 Å². The first-order chi connectivity index (χ1) is 12.3. The monoisotopic (exact) mass is 358 g/mol. The summed E-state index contributed by atoms with van der Waals surface area (Å²) in [4.78, 5) is 8.29. The van der Waals surface area contributed by atoms with E-state index in [0.717, 1.165) is 23.0 Å². The Hall–Kier alpha value is -2.51. The predicted octanol–water partition coefficient (Wildman–Crippen LogP) is 3.46. The van der Waals surface area contributed by atoms with E-state index in [4.69, 9.17) is 4.74 Å². The summed E-state index contributed by atoms with van der Waals surface area (Å²) in [6, 6.07) is 14.4. The molecule has 0 saturated heterocycles. The number of anilines is 1. The summed E-state index contributed by atoms with van der Waals surface area (Å²) in [6.07, 6.45) is 0. The second kappa shape index (κ2) is 9.10. The van der Waals surface area contributed by atoms with Crippen molar-refractivity contribution in [2.75, 3.05) is 18.4 Å². The predicted molar refractivity (Wildman–Crippen MR) is 97.3 cm³/mol. The quantitative estimate of drug-likeness (QED) is 0.453. The van der Waals surface area contributed by atoms with Crippen LogP contribution in [0.2, 0.25) is 0 Å². The molecule has 0 radical (unpaired) electrons. The highest BCUT2D eigenvalue weighted by Gasteiger charge is 2.03. The van der Waals surface area contributed by atoms with Crippen LogP contribution in [0.1, 0.15) is 10.7 Å². The van der Waals surface area contributed by atoms with Crippen LogP contribution in [0.15, 0.2) is 53.9 Å². The maximum Gasteiger partial charge on any atom is 0.214 e. The van der Waals surface area contributed by atoms with E-state index >= 15 is 0 Å². The molecule has 3 aromatic rings. The van der Waals surface area contributed by atoms with Crippen molar-refractivity contribution in [1.82, 2.24) is 15.3 Å². The number of para-hydroxylation sites is 1. The first-order valence-electron chi connectivity index (χ1n) is 7.98. The van der Waals surface area contributed by atoms with Crippen LogP contribution in [0.3, 0.4) is 0 Å². The van der Waals surface area contributed by atoms with Gasteiger partial charge in [-0.3, -0.25) is 0 Å². The lowest BCUT2D eigenvalue weighted by Gasteiger charge is -2.06. The highest BCUT2D eigenvalue weighted by atomic mass is 32.1. The number of nitrogens with zero attached hydrogens (tertiary/aromatic N) is 2. The molecule has 2 heterocycles. The van der Waals surface area contributed by atoms with Crippen molar-refractivity contribution >= 4 is 17.2 Å². The van der Waals surface area contributed by atoms with Gasteiger partial charge in [-0.1, -0.05) is 24.3 Å². The number of hydrogen-bond acceptors (Lipinski definition) is 6. The minimum Gasteiger partial charge on any atom is -0.486 e. The molecule has 0 aliphatic carbocycles. The van der Waals surface area contributed by atoms with Crippen LogP contribution in [0.4, 0.5) is 10.2 Å². The van der Waals surface area contributed by atoms with Gasteiger partial charge in [-0.05, 0) is 24.3 Å². The number of nitrogens with one attached hydrogen (secondary N) is 2. The summed E-state index contributed by atoms with van der Waals surface area (Å²) < 4.78 is 18.6. The van der Waals surface area contributed by atoms with Gasteiger partial charge in [0.25, 0.3) is 0 Å². The minimum absolute atomic E-state index is 0.474. The number of pyridine rings is 1. The molecule has 2 aromatic heterocycles. The molecule has 0 aliphatic rings. The average molecular weight is 358 g/mol. The number of ether oxygens (including phenoxy) is 1. The van der Waals surface area contributed by atoms with Crippen molar-refractivity contribution in [3.05, 3.63) is 70.6 Å². The molecular formula is C18H19FN4OS. The first kappa shape index (κ1) is 17.3. The Kier molecular flexibility index (Phi) is 6.30. The van der Waals surface area contributed by atoms with Crippen LogP contribution in [-0.2, 0) is 13.2 Å². The summed E-state index contributed by atoms with van der Waals surface area (Å²) in [5.74, 6) is 0.899. The molecule has 2 N–H and O–H groups in total. The molecule has 0 fully saturated rings. The van der Waals surface area contributed by atoms with Gasteiger partial charge in [0.1, 0.15) is 23.2 Å². The van der Waals surface area contributed by atoms with E-state index in [9.17, 15) is 4.39 Å². The third-order valence-electron chi connectivity index (χ3n) is 3.33. The van der Waals surface area contributed by atoms with Crippen LogP contribution in [0.25, 0.3) is 0 Å². The molecular weight excluding hydrogens is 339 g/mol. The number of hydrogen-bond donors (Lipinski definition) is 2. The van der Waals surface area contributed by atoms with Crippen molar-refractivity contribution in [3.8, 4) is 5.75 Å².